The van der Waals surface area contributed by atoms with Gasteiger partial charge in [0.25, 0.3) is 0 Å². The predicted molar refractivity (Wildman–Crippen MR) is 77.1 cm³/mol. The summed E-state index contributed by atoms with van der Waals surface area (Å²) in [6.07, 6.45) is 3.18. The molecular weight excluding hydrogens is 240 g/mol. The van der Waals surface area contributed by atoms with Crippen LogP contribution in [0.2, 0.25) is 0 Å². The van der Waals surface area contributed by atoms with Gasteiger partial charge in [-0.2, -0.15) is 0 Å². The lowest BCUT2D eigenvalue weighted by Gasteiger charge is -2.16. The van der Waals surface area contributed by atoms with Gasteiger partial charge in [0.1, 0.15) is 5.75 Å². The lowest BCUT2D eigenvalue weighted by molar-refractivity contribution is -0.121. The molecule has 0 aliphatic rings. The second-order valence-electron chi connectivity index (χ2n) is 4.92. The number of nitrogens with two attached hydrogens (primary N) is 1. The van der Waals surface area contributed by atoms with E-state index in [0.717, 1.165) is 25.0 Å². The smallest absolute Gasteiger partial charge is 0.233 e. The van der Waals surface area contributed by atoms with Gasteiger partial charge in [0.15, 0.2) is 0 Å². The Hall–Kier alpha value is -1.55. The molecule has 0 aliphatic heterocycles. The first-order valence-electron chi connectivity index (χ1n) is 6.64. The van der Waals surface area contributed by atoms with Gasteiger partial charge in [-0.3, -0.25) is 10.2 Å². The summed E-state index contributed by atoms with van der Waals surface area (Å²) in [5.74, 6) is 5.93. The minimum atomic E-state index is -0.108. The van der Waals surface area contributed by atoms with Crippen molar-refractivity contribution in [2.45, 2.75) is 46.5 Å². The van der Waals surface area contributed by atoms with E-state index in [1.54, 1.807) is 7.11 Å². The molecule has 0 heterocycles. The fraction of sp³-hybridized carbons (Fsp3) is 0.533. The van der Waals surface area contributed by atoms with Crippen LogP contribution in [-0.4, -0.2) is 13.0 Å². The van der Waals surface area contributed by atoms with Crippen LogP contribution in [0.4, 0.5) is 0 Å². The van der Waals surface area contributed by atoms with Gasteiger partial charge >= 0.3 is 0 Å². The van der Waals surface area contributed by atoms with Crippen LogP contribution in [0.25, 0.3) is 0 Å². The molecule has 0 bridgehead atoms. The van der Waals surface area contributed by atoms with Gasteiger partial charge in [0, 0.05) is 6.42 Å². The molecular formula is C15H24N2O2. The molecule has 106 valence electrons. The number of benzene rings is 1. The quantitative estimate of drug-likeness (QED) is 0.359. The molecule has 0 radical (unpaired) electrons. The molecule has 1 rings (SSSR count). The summed E-state index contributed by atoms with van der Waals surface area (Å²) in [5, 5.41) is 0. The van der Waals surface area contributed by atoms with Crippen molar-refractivity contribution in [1.82, 2.24) is 5.43 Å². The third kappa shape index (κ3) is 3.96. The van der Waals surface area contributed by atoms with E-state index in [9.17, 15) is 4.79 Å². The van der Waals surface area contributed by atoms with Crippen LogP contribution in [0.3, 0.4) is 0 Å². The van der Waals surface area contributed by atoms with Crippen molar-refractivity contribution in [3.8, 4) is 5.75 Å². The SMILES string of the molecule is COc1c(C)c(C)cc(C)c1CCCCC(=O)NN. The second-order valence-corrected chi connectivity index (χ2v) is 4.92. The molecule has 0 fully saturated rings. The van der Waals surface area contributed by atoms with Crippen molar-refractivity contribution >= 4 is 5.91 Å². The minimum absolute atomic E-state index is 0.108. The van der Waals surface area contributed by atoms with Gasteiger partial charge in [0.05, 0.1) is 7.11 Å². The van der Waals surface area contributed by atoms with E-state index in [2.05, 4.69) is 32.3 Å². The van der Waals surface area contributed by atoms with Crippen LogP contribution in [0.1, 0.15) is 41.5 Å². The van der Waals surface area contributed by atoms with Crippen molar-refractivity contribution in [3.63, 3.8) is 0 Å². The van der Waals surface area contributed by atoms with E-state index < -0.39 is 0 Å². The Balaban J connectivity index is 2.73. The average Bonchev–Trinajstić information content (AvgIpc) is 2.39. The maximum atomic E-state index is 11.1. The highest BCUT2D eigenvalue weighted by atomic mass is 16.5. The Bertz CT molecular complexity index is 456. The highest BCUT2D eigenvalue weighted by Crippen LogP contribution is 2.30. The number of hydrogen-bond acceptors (Lipinski definition) is 3. The Morgan fingerprint density at radius 3 is 2.53 bits per heavy atom. The number of nitrogens with one attached hydrogen (secondary N) is 1. The molecule has 4 heteroatoms. The number of aryl methyl sites for hydroxylation is 2. The summed E-state index contributed by atoms with van der Waals surface area (Å²) in [4.78, 5) is 11.1. The molecule has 0 spiro atoms. The molecule has 0 aliphatic carbocycles. The van der Waals surface area contributed by atoms with Crippen LogP contribution < -0.4 is 16.0 Å². The third-order valence-corrected chi connectivity index (χ3v) is 3.56. The maximum Gasteiger partial charge on any atom is 0.233 e. The molecule has 1 aromatic rings. The van der Waals surface area contributed by atoms with Gasteiger partial charge in [0.2, 0.25) is 5.91 Å². The van der Waals surface area contributed by atoms with E-state index in [-0.39, 0.29) is 5.91 Å². The Kier molecular flexibility index (Phi) is 5.83. The topological polar surface area (TPSA) is 64.3 Å². The van der Waals surface area contributed by atoms with Crippen molar-refractivity contribution in [2.24, 2.45) is 5.84 Å². The van der Waals surface area contributed by atoms with Gasteiger partial charge in [-0.15, -0.1) is 0 Å². The number of hydrazine groups is 1. The van der Waals surface area contributed by atoms with Crippen LogP contribution in [0, 0.1) is 20.8 Å². The number of rotatable bonds is 6. The zero-order chi connectivity index (χ0) is 14.4. The van der Waals surface area contributed by atoms with E-state index in [0.29, 0.717) is 6.42 Å². The average molecular weight is 264 g/mol. The van der Waals surface area contributed by atoms with E-state index in [1.165, 1.54) is 22.3 Å². The summed E-state index contributed by atoms with van der Waals surface area (Å²) < 4.78 is 5.54. The zero-order valence-corrected chi connectivity index (χ0v) is 12.3. The molecule has 4 nitrogen and oxygen atoms in total. The van der Waals surface area contributed by atoms with Gasteiger partial charge < -0.3 is 4.74 Å². The first-order chi connectivity index (χ1) is 9.01. The lowest BCUT2D eigenvalue weighted by Crippen LogP contribution is -2.29. The molecule has 1 aromatic carbocycles. The fourth-order valence-corrected chi connectivity index (χ4v) is 2.35. The number of amides is 1. The monoisotopic (exact) mass is 264 g/mol. The molecule has 0 saturated carbocycles. The van der Waals surface area contributed by atoms with Crippen LogP contribution in [0.5, 0.6) is 5.75 Å². The molecule has 3 N–H and O–H groups in total. The minimum Gasteiger partial charge on any atom is -0.496 e. The molecule has 0 unspecified atom stereocenters. The first-order valence-corrected chi connectivity index (χ1v) is 6.64. The van der Waals surface area contributed by atoms with E-state index >= 15 is 0 Å². The highest BCUT2D eigenvalue weighted by molar-refractivity contribution is 5.75. The van der Waals surface area contributed by atoms with Gasteiger partial charge in [-0.1, -0.05) is 6.07 Å². The molecule has 0 aromatic heterocycles. The Morgan fingerprint density at radius 1 is 1.26 bits per heavy atom. The van der Waals surface area contributed by atoms with Crippen LogP contribution >= 0.6 is 0 Å². The summed E-state index contributed by atoms with van der Waals surface area (Å²) in [7, 11) is 1.71. The predicted octanol–water partition coefficient (Wildman–Crippen LogP) is 2.32. The molecule has 19 heavy (non-hydrogen) atoms. The third-order valence-electron chi connectivity index (χ3n) is 3.56. The second kappa shape index (κ2) is 7.14. The largest absolute Gasteiger partial charge is 0.496 e. The normalized spacial score (nSPS) is 10.4. The summed E-state index contributed by atoms with van der Waals surface area (Å²) in [5.41, 5.74) is 7.10. The number of carbonyl (C=O) groups is 1. The first kappa shape index (κ1) is 15.5. The standard InChI is InChI=1S/C15H24N2O2/c1-10-9-11(2)13(15(19-4)12(10)3)7-5-6-8-14(18)17-16/h9H,5-8,16H2,1-4H3,(H,17,18). The van der Waals surface area contributed by atoms with Crippen LogP contribution in [0.15, 0.2) is 6.07 Å². The molecule has 0 saturated heterocycles. The van der Waals surface area contributed by atoms with Crippen molar-refractivity contribution in [2.75, 3.05) is 7.11 Å². The summed E-state index contributed by atoms with van der Waals surface area (Å²) in [6, 6.07) is 2.19. The number of unbranched alkanes of at least 4 members (excludes halogenated alkanes) is 1. The van der Waals surface area contributed by atoms with E-state index in [1.807, 2.05) is 0 Å². The Labute approximate surface area is 115 Å². The zero-order valence-electron chi connectivity index (χ0n) is 12.3. The van der Waals surface area contributed by atoms with Crippen LogP contribution in [-0.2, 0) is 11.2 Å². The van der Waals surface area contributed by atoms with Crippen molar-refractivity contribution < 1.29 is 9.53 Å². The van der Waals surface area contributed by atoms with Crippen molar-refractivity contribution in [3.05, 3.63) is 28.3 Å². The van der Waals surface area contributed by atoms with Gasteiger partial charge in [-0.25, -0.2) is 5.84 Å². The number of methoxy groups -OCH3 is 1. The van der Waals surface area contributed by atoms with E-state index in [4.69, 9.17) is 10.6 Å². The highest BCUT2D eigenvalue weighted by Gasteiger charge is 2.12. The Morgan fingerprint density at radius 2 is 1.95 bits per heavy atom. The summed E-state index contributed by atoms with van der Waals surface area (Å²) in [6.45, 7) is 6.29. The molecule has 0 atom stereocenters. The summed E-state index contributed by atoms with van der Waals surface area (Å²) >= 11 is 0. The van der Waals surface area contributed by atoms with Crippen molar-refractivity contribution in [1.29, 1.82) is 0 Å². The fourth-order valence-electron chi connectivity index (χ4n) is 2.35. The maximum absolute atomic E-state index is 11.1. The number of carbonyl (C=O) groups excluding carboxylic acids is 1. The van der Waals surface area contributed by atoms with Gasteiger partial charge in [-0.05, 0) is 62.3 Å². The molecule has 1 amide bonds. The number of ether oxygens (including phenoxy) is 1. The number of hydrogen-bond donors (Lipinski definition) is 2. The lowest BCUT2D eigenvalue weighted by atomic mass is 9.95.